The predicted octanol–water partition coefficient (Wildman–Crippen LogP) is 0.964. The molecule has 0 spiro atoms. The van der Waals surface area contributed by atoms with Crippen LogP contribution < -0.4 is 5.32 Å². The summed E-state index contributed by atoms with van der Waals surface area (Å²) in [5.41, 5.74) is 2.09. The van der Waals surface area contributed by atoms with E-state index in [0.717, 1.165) is 62.1 Å². The van der Waals surface area contributed by atoms with Crippen LogP contribution >= 0.6 is 0 Å². The van der Waals surface area contributed by atoms with Gasteiger partial charge in [-0.2, -0.15) is 0 Å². The molecule has 1 aromatic heterocycles. The maximum Gasteiger partial charge on any atom is 0.219 e. The highest BCUT2D eigenvalue weighted by atomic mass is 16.5. The number of aliphatic imine (C=N–C) groups is 1. The minimum atomic E-state index is 0.144. The fourth-order valence-corrected chi connectivity index (χ4v) is 2.79. The van der Waals surface area contributed by atoms with Crippen molar-refractivity contribution in [3.63, 3.8) is 0 Å². The molecule has 2 heterocycles. The van der Waals surface area contributed by atoms with Gasteiger partial charge in [0.2, 0.25) is 5.91 Å². The van der Waals surface area contributed by atoms with Gasteiger partial charge in [-0.15, -0.1) is 0 Å². The van der Waals surface area contributed by atoms with Gasteiger partial charge in [0, 0.05) is 51.8 Å². The molecule has 1 amide bonds. The van der Waals surface area contributed by atoms with E-state index in [9.17, 15) is 4.79 Å². The normalized spacial score (nSPS) is 15.9. The highest BCUT2D eigenvalue weighted by Gasteiger charge is 2.20. The minimum absolute atomic E-state index is 0.144. The van der Waals surface area contributed by atoms with E-state index in [0.29, 0.717) is 6.54 Å². The van der Waals surface area contributed by atoms with Crippen molar-refractivity contribution in [1.29, 1.82) is 0 Å². The topological polar surface area (TPSA) is 74.0 Å². The smallest absolute Gasteiger partial charge is 0.219 e. The van der Waals surface area contributed by atoms with Gasteiger partial charge in [0.05, 0.1) is 5.69 Å². The van der Waals surface area contributed by atoms with Crippen molar-refractivity contribution in [1.82, 2.24) is 20.3 Å². The molecule has 1 aliphatic rings. The van der Waals surface area contributed by atoms with Gasteiger partial charge >= 0.3 is 0 Å². The lowest BCUT2D eigenvalue weighted by Gasteiger charge is -2.36. The Morgan fingerprint density at radius 3 is 2.43 bits per heavy atom. The molecule has 0 bridgehead atoms. The van der Waals surface area contributed by atoms with Crippen molar-refractivity contribution in [2.75, 3.05) is 39.3 Å². The van der Waals surface area contributed by atoms with Crippen LogP contribution in [0.4, 0.5) is 0 Å². The summed E-state index contributed by atoms with van der Waals surface area (Å²) < 4.78 is 5.19. The second-order valence-corrected chi connectivity index (χ2v) is 5.78. The second-order valence-electron chi connectivity index (χ2n) is 5.78. The van der Waals surface area contributed by atoms with Gasteiger partial charge in [-0.3, -0.25) is 9.79 Å². The quantitative estimate of drug-likeness (QED) is 0.660. The summed E-state index contributed by atoms with van der Waals surface area (Å²) in [5, 5.41) is 7.32. The molecule has 0 saturated carbocycles. The van der Waals surface area contributed by atoms with Crippen molar-refractivity contribution in [3.8, 4) is 0 Å². The van der Waals surface area contributed by atoms with Gasteiger partial charge in [-0.1, -0.05) is 5.16 Å². The fraction of sp³-hybridized carbons (Fsp3) is 0.688. The van der Waals surface area contributed by atoms with Crippen LogP contribution in [0.25, 0.3) is 0 Å². The standard InChI is InChI=1S/C16H27N5O2/c1-5-17-16(21-10-8-20(9-11-21)14(4)22)18-7-6-15-12(2)19-23-13(15)3/h5-11H2,1-4H3,(H,17,18). The molecule has 0 aliphatic carbocycles. The number of hydrogen-bond acceptors (Lipinski definition) is 4. The van der Waals surface area contributed by atoms with Crippen LogP contribution in [0.3, 0.4) is 0 Å². The number of aromatic nitrogens is 1. The molecule has 1 N–H and O–H groups in total. The van der Waals surface area contributed by atoms with E-state index in [1.54, 1.807) is 6.92 Å². The van der Waals surface area contributed by atoms with E-state index < -0.39 is 0 Å². The van der Waals surface area contributed by atoms with Crippen LogP contribution in [0.15, 0.2) is 9.52 Å². The predicted molar refractivity (Wildman–Crippen MR) is 89.5 cm³/mol. The van der Waals surface area contributed by atoms with Gasteiger partial charge in [0.15, 0.2) is 5.96 Å². The molecule has 0 atom stereocenters. The van der Waals surface area contributed by atoms with Crippen LogP contribution in [-0.4, -0.2) is 66.1 Å². The zero-order valence-corrected chi connectivity index (χ0v) is 14.6. The molecule has 0 aromatic carbocycles. The molecule has 0 unspecified atom stereocenters. The Kier molecular flexibility index (Phi) is 6.01. The molecule has 128 valence electrons. The Hall–Kier alpha value is -2.05. The Morgan fingerprint density at radius 2 is 1.91 bits per heavy atom. The summed E-state index contributed by atoms with van der Waals surface area (Å²) in [6.45, 7) is 12.2. The SMILES string of the molecule is CCNC(=NCCc1c(C)noc1C)N1CCN(C(C)=O)CC1. The molecule has 7 nitrogen and oxygen atoms in total. The van der Waals surface area contributed by atoms with Crippen LogP contribution in [0.5, 0.6) is 0 Å². The zero-order valence-electron chi connectivity index (χ0n) is 14.6. The molecular weight excluding hydrogens is 294 g/mol. The van der Waals surface area contributed by atoms with Crippen LogP contribution in [0, 0.1) is 13.8 Å². The molecule has 1 aromatic rings. The maximum atomic E-state index is 11.4. The number of guanidine groups is 1. The highest BCUT2D eigenvalue weighted by Crippen LogP contribution is 2.13. The first-order valence-electron chi connectivity index (χ1n) is 8.23. The fourth-order valence-electron chi connectivity index (χ4n) is 2.79. The molecule has 2 rings (SSSR count). The van der Waals surface area contributed by atoms with Gasteiger partial charge in [-0.25, -0.2) is 0 Å². The van der Waals surface area contributed by atoms with Gasteiger partial charge in [0.1, 0.15) is 5.76 Å². The lowest BCUT2D eigenvalue weighted by molar-refractivity contribution is -0.130. The number of carbonyl (C=O) groups is 1. The number of piperazine rings is 1. The van der Waals surface area contributed by atoms with Crippen molar-refractivity contribution in [3.05, 3.63) is 17.0 Å². The maximum absolute atomic E-state index is 11.4. The number of nitrogens with zero attached hydrogens (tertiary/aromatic N) is 4. The van der Waals surface area contributed by atoms with E-state index in [1.165, 1.54) is 0 Å². The third-order valence-electron chi connectivity index (χ3n) is 4.16. The largest absolute Gasteiger partial charge is 0.361 e. The van der Waals surface area contributed by atoms with Crippen LogP contribution in [0.1, 0.15) is 30.9 Å². The number of hydrogen-bond donors (Lipinski definition) is 1. The van der Waals surface area contributed by atoms with Crippen LogP contribution in [0.2, 0.25) is 0 Å². The number of carbonyl (C=O) groups excluding carboxylic acids is 1. The van der Waals surface area contributed by atoms with E-state index in [4.69, 9.17) is 9.52 Å². The minimum Gasteiger partial charge on any atom is -0.361 e. The van der Waals surface area contributed by atoms with Gasteiger partial charge in [0.25, 0.3) is 0 Å². The molecule has 7 heteroatoms. The number of nitrogens with one attached hydrogen (secondary N) is 1. The Balaban J connectivity index is 1.94. The van der Waals surface area contributed by atoms with Gasteiger partial charge in [-0.05, 0) is 27.2 Å². The lowest BCUT2D eigenvalue weighted by Crippen LogP contribution is -2.53. The average Bonchev–Trinajstić information content (AvgIpc) is 2.86. The molecule has 1 fully saturated rings. The van der Waals surface area contributed by atoms with Crippen molar-refractivity contribution in [2.45, 2.75) is 34.1 Å². The molecule has 0 radical (unpaired) electrons. The number of rotatable bonds is 4. The van der Waals surface area contributed by atoms with E-state index >= 15 is 0 Å². The summed E-state index contributed by atoms with van der Waals surface area (Å²) in [5.74, 6) is 1.94. The Morgan fingerprint density at radius 1 is 1.26 bits per heavy atom. The second kappa shape index (κ2) is 7.99. The van der Waals surface area contributed by atoms with E-state index in [1.807, 2.05) is 18.7 Å². The number of amides is 1. The van der Waals surface area contributed by atoms with Gasteiger partial charge < -0.3 is 19.6 Å². The lowest BCUT2D eigenvalue weighted by atomic mass is 10.1. The van der Waals surface area contributed by atoms with E-state index in [2.05, 4.69) is 22.3 Å². The molecular formula is C16H27N5O2. The first-order valence-corrected chi connectivity index (χ1v) is 8.23. The van der Waals surface area contributed by atoms with Crippen molar-refractivity contribution < 1.29 is 9.32 Å². The summed E-state index contributed by atoms with van der Waals surface area (Å²) in [4.78, 5) is 20.2. The van der Waals surface area contributed by atoms with E-state index in [-0.39, 0.29) is 5.91 Å². The average molecular weight is 321 g/mol. The summed E-state index contributed by atoms with van der Waals surface area (Å²) >= 11 is 0. The first-order chi connectivity index (χ1) is 11.0. The number of aryl methyl sites for hydroxylation is 2. The Bertz CT molecular complexity index is 539. The Labute approximate surface area is 137 Å². The van der Waals surface area contributed by atoms with Crippen LogP contribution in [-0.2, 0) is 11.2 Å². The molecule has 1 aliphatic heterocycles. The highest BCUT2D eigenvalue weighted by molar-refractivity contribution is 5.80. The molecule has 1 saturated heterocycles. The summed E-state index contributed by atoms with van der Waals surface area (Å²) in [6, 6.07) is 0. The first kappa shape index (κ1) is 17.3. The third kappa shape index (κ3) is 4.46. The van der Waals surface area contributed by atoms with Crippen molar-refractivity contribution >= 4 is 11.9 Å². The zero-order chi connectivity index (χ0) is 16.8. The molecule has 23 heavy (non-hydrogen) atoms. The summed E-state index contributed by atoms with van der Waals surface area (Å²) in [7, 11) is 0. The monoisotopic (exact) mass is 321 g/mol. The third-order valence-corrected chi connectivity index (χ3v) is 4.16. The summed E-state index contributed by atoms with van der Waals surface area (Å²) in [6.07, 6.45) is 0.823. The van der Waals surface area contributed by atoms with Crippen molar-refractivity contribution in [2.24, 2.45) is 4.99 Å².